The highest BCUT2D eigenvalue weighted by Crippen LogP contribution is 2.46. The Hall–Kier alpha value is -1.72. The fraction of sp³-hybridized carbons (Fsp3) is 0.636. The van der Waals surface area contributed by atoms with E-state index in [0.717, 1.165) is 9.80 Å². The van der Waals surface area contributed by atoms with E-state index >= 15 is 0 Å². The predicted octanol–water partition coefficient (Wildman–Crippen LogP) is -0.758. The molecule has 2 aliphatic heterocycles. The van der Waals surface area contributed by atoms with Gasteiger partial charge in [-0.25, -0.2) is 0 Å². The first-order chi connectivity index (χ1) is 7.71. The standard InChI is InChI=1S/C11H14N2O4/c1-11(2)5-7(14)12(3)8(15)6(11)10(17)13(4)9(5)16/h5-6H,1-4H3. The summed E-state index contributed by atoms with van der Waals surface area (Å²) in [6.07, 6.45) is 0. The summed E-state index contributed by atoms with van der Waals surface area (Å²) in [5.74, 6) is -4.00. The van der Waals surface area contributed by atoms with Crippen LogP contribution in [-0.4, -0.2) is 47.5 Å². The fourth-order valence-electron chi connectivity index (χ4n) is 2.64. The molecule has 0 aromatic heterocycles. The Morgan fingerprint density at radius 3 is 1.24 bits per heavy atom. The van der Waals surface area contributed by atoms with Gasteiger partial charge in [-0.15, -0.1) is 0 Å². The van der Waals surface area contributed by atoms with Crippen molar-refractivity contribution in [2.75, 3.05) is 14.1 Å². The Morgan fingerprint density at radius 2 is 1.00 bits per heavy atom. The second kappa shape index (κ2) is 3.15. The molecule has 0 N–H and O–H groups in total. The Balaban J connectivity index is 2.63. The molecule has 92 valence electrons. The van der Waals surface area contributed by atoms with Crippen LogP contribution < -0.4 is 0 Å². The largest absolute Gasteiger partial charge is 0.284 e. The van der Waals surface area contributed by atoms with Gasteiger partial charge in [-0.1, -0.05) is 13.8 Å². The van der Waals surface area contributed by atoms with E-state index in [0.29, 0.717) is 0 Å². The van der Waals surface area contributed by atoms with Crippen molar-refractivity contribution < 1.29 is 19.2 Å². The Morgan fingerprint density at radius 1 is 0.765 bits per heavy atom. The minimum absolute atomic E-state index is 0.527. The van der Waals surface area contributed by atoms with Crippen molar-refractivity contribution in [3.05, 3.63) is 0 Å². The lowest BCUT2D eigenvalue weighted by atomic mass is 9.62. The van der Waals surface area contributed by atoms with Crippen LogP contribution in [0.2, 0.25) is 0 Å². The number of fused-ring (bicyclic) bond motifs is 2. The van der Waals surface area contributed by atoms with Crippen LogP contribution in [0.25, 0.3) is 0 Å². The molecule has 0 unspecified atom stereocenters. The molecule has 2 rings (SSSR count). The maximum atomic E-state index is 12.0. The summed E-state index contributed by atoms with van der Waals surface area (Å²) in [4.78, 5) is 49.7. The molecule has 4 amide bonds. The van der Waals surface area contributed by atoms with E-state index in [4.69, 9.17) is 0 Å². The average molecular weight is 238 g/mol. The third-order valence-corrected chi connectivity index (χ3v) is 3.80. The predicted molar refractivity (Wildman–Crippen MR) is 56.3 cm³/mol. The number of amides is 4. The van der Waals surface area contributed by atoms with Gasteiger partial charge in [0.1, 0.15) is 11.8 Å². The second-order valence-corrected chi connectivity index (χ2v) is 5.16. The van der Waals surface area contributed by atoms with Gasteiger partial charge >= 0.3 is 0 Å². The van der Waals surface area contributed by atoms with E-state index in [1.54, 1.807) is 13.8 Å². The Labute approximate surface area is 98.5 Å². The third-order valence-electron chi connectivity index (χ3n) is 3.80. The Kier molecular flexibility index (Phi) is 2.18. The summed E-state index contributed by atoms with van der Waals surface area (Å²) in [7, 11) is 2.62. The molecule has 2 fully saturated rings. The highest BCUT2D eigenvalue weighted by atomic mass is 16.2. The molecule has 2 bridgehead atoms. The van der Waals surface area contributed by atoms with Crippen molar-refractivity contribution in [1.29, 1.82) is 0 Å². The molecule has 2 saturated heterocycles. The molecule has 0 radical (unpaired) electrons. The van der Waals surface area contributed by atoms with Crippen LogP contribution in [0.15, 0.2) is 0 Å². The van der Waals surface area contributed by atoms with Crippen LogP contribution >= 0.6 is 0 Å². The van der Waals surface area contributed by atoms with E-state index < -0.39 is 40.9 Å². The van der Waals surface area contributed by atoms with Crippen LogP contribution in [0.5, 0.6) is 0 Å². The van der Waals surface area contributed by atoms with Crippen LogP contribution in [0, 0.1) is 17.3 Å². The van der Waals surface area contributed by atoms with Gasteiger partial charge in [-0.3, -0.25) is 29.0 Å². The number of likely N-dealkylation sites (tertiary alicyclic amines) is 2. The summed E-state index contributed by atoms with van der Waals surface area (Å²) >= 11 is 0. The van der Waals surface area contributed by atoms with Crippen LogP contribution in [0.1, 0.15) is 13.8 Å². The second-order valence-electron chi connectivity index (χ2n) is 5.16. The molecular weight excluding hydrogens is 224 g/mol. The highest BCUT2D eigenvalue weighted by molar-refractivity contribution is 6.22. The smallest absolute Gasteiger partial charge is 0.242 e. The summed E-state index contributed by atoms with van der Waals surface area (Å²) in [6.45, 7) is 3.24. The van der Waals surface area contributed by atoms with Crippen molar-refractivity contribution in [3.63, 3.8) is 0 Å². The maximum absolute atomic E-state index is 12.0. The van der Waals surface area contributed by atoms with Crippen LogP contribution in [-0.2, 0) is 19.2 Å². The van der Waals surface area contributed by atoms with Gasteiger partial charge in [0, 0.05) is 19.5 Å². The number of rotatable bonds is 0. The zero-order valence-electron chi connectivity index (χ0n) is 10.2. The van der Waals surface area contributed by atoms with E-state index in [-0.39, 0.29) is 0 Å². The van der Waals surface area contributed by atoms with E-state index in [2.05, 4.69) is 0 Å². The van der Waals surface area contributed by atoms with Crippen LogP contribution in [0.4, 0.5) is 0 Å². The Bertz CT molecular complexity index is 382. The van der Waals surface area contributed by atoms with E-state index in [9.17, 15) is 19.2 Å². The number of hydrogen-bond donors (Lipinski definition) is 0. The topological polar surface area (TPSA) is 74.8 Å². The fourth-order valence-corrected chi connectivity index (χ4v) is 2.64. The first kappa shape index (κ1) is 11.8. The lowest BCUT2D eigenvalue weighted by molar-refractivity contribution is -0.181. The molecule has 0 spiro atoms. The lowest BCUT2D eigenvalue weighted by Crippen LogP contribution is -2.68. The average Bonchev–Trinajstić information content (AvgIpc) is 2.23. The van der Waals surface area contributed by atoms with Gasteiger partial charge in [0.2, 0.25) is 23.6 Å². The summed E-state index contributed by atoms with van der Waals surface area (Å²) < 4.78 is 0. The quantitative estimate of drug-likeness (QED) is 0.411. The van der Waals surface area contributed by atoms with Crippen molar-refractivity contribution in [1.82, 2.24) is 9.80 Å². The van der Waals surface area contributed by atoms with Gasteiger partial charge in [0.15, 0.2) is 0 Å². The number of imide groups is 2. The first-order valence-electron chi connectivity index (χ1n) is 5.34. The zero-order chi connectivity index (χ0) is 13.1. The third kappa shape index (κ3) is 1.20. The van der Waals surface area contributed by atoms with Gasteiger partial charge in [0.25, 0.3) is 0 Å². The van der Waals surface area contributed by atoms with Crippen molar-refractivity contribution in [2.24, 2.45) is 17.3 Å². The van der Waals surface area contributed by atoms with Crippen molar-refractivity contribution >= 4 is 23.6 Å². The molecule has 0 aromatic carbocycles. The number of carbonyl (C=O) groups excluding carboxylic acids is 4. The summed E-state index contributed by atoms with van der Waals surface area (Å²) in [5.41, 5.74) is -0.943. The molecule has 0 saturated carbocycles. The molecular formula is C11H14N2O4. The van der Waals surface area contributed by atoms with Gasteiger partial charge < -0.3 is 0 Å². The molecule has 2 aliphatic rings. The molecule has 0 atom stereocenters. The van der Waals surface area contributed by atoms with Crippen LogP contribution in [0.3, 0.4) is 0 Å². The normalized spacial score (nSPS) is 32.2. The van der Waals surface area contributed by atoms with Crippen molar-refractivity contribution in [2.45, 2.75) is 13.8 Å². The monoisotopic (exact) mass is 238 g/mol. The van der Waals surface area contributed by atoms with Crippen molar-refractivity contribution in [3.8, 4) is 0 Å². The minimum atomic E-state index is -0.946. The van der Waals surface area contributed by atoms with E-state index in [1.807, 2.05) is 0 Å². The van der Waals surface area contributed by atoms with Gasteiger partial charge in [-0.2, -0.15) is 0 Å². The highest BCUT2D eigenvalue weighted by Gasteiger charge is 2.63. The maximum Gasteiger partial charge on any atom is 0.242 e. The molecule has 6 nitrogen and oxygen atoms in total. The van der Waals surface area contributed by atoms with Gasteiger partial charge in [0.05, 0.1) is 0 Å². The van der Waals surface area contributed by atoms with E-state index in [1.165, 1.54) is 14.1 Å². The zero-order valence-corrected chi connectivity index (χ0v) is 10.2. The summed E-state index contributed by atoms with van der Waals surface area (Å²) in [6, 6.07) is 0. The number of piperidine rings is 2. The molecule has 2 heterocycles. The minimum Gasteiger partial charge on any atom is -0.284 e. The van der Waals surface area contributed by atoms with Gasteiger partial charge in [-0.05, 0) is 0 Å². The number of nitrogens with zero attached hydrogens (tertiary/aromatic N) is 2. The lowest BCUT2D eigenvalue weighted by Gasteiger charge is -2.49. The first-order valence-corrected chi connectivity index (χ1v) is 5.34. The molecule has 17 heavy (non-hydrogen) atoms. The SMILES string of the molecule is CN1C(=O)C2C(=O)N(C)C(=O)C(C1=O)C2(C)C. The summed E-state index contributed by atoms with van der Waals surface area (Å²) in [5, 5.41) is 0. The number of hydrogen-bond acceptors (Lipinski definition) is 4. The molecule has 0 aromatic rings. The number of carbonyl (C=O) groups is 4. The molecule has 6 heteroatoms. The molecule has 0 aliphatic carbocycles.